The molecule has 6 aromatic rings. The Morgan fingerprint density at radius 3 is 2.05 bits per heavy atom. The monoisotopic (exact) mass is 484 g/mol. The number of rotatable bonds is 5. The van der Waals surface area contributed by atoms with Gasteiger partial charge < -0.3 is 4.42 Å². The summed E-state index contributed by atoms with van der Waals surface area (Å²) in [6.07, 6.45) is 0. The van der Waals surface area contributed by atoms with Gasteiger partial charge in [0.05, 0.1) is 16.9 Å². The lowest BCUT2D eigenvalue weighted by Gasteiger charge is -2.10. The molecule has 6 heteroatoms. The highest BCUT2D eigenvalue weighted by Crippen LogP contribution is 2.35. The fourth-order valence-electron chi connectivity index (χ4n) is 4.37. The molecule has 180 valence electrons. The zero-order valence-electron chi connectivity index (χ0n) is 20.5. The first-order chi connectivity index (χ1) is 18.1. The maximum Gasteiger partial charge on any atom is 0.302 e. The Morgan fingerprint density at radius 1 is 0.757 bits per heavy atom. The van der Waals surface area contributed by atoms with Gasteiger partial charge in [0.25, 0.3) is 5.91 Å². The maximum absolute atomic E-state index is 14.0. The van der Waals surface area contributed by atoms with Crippen LogP contribution in [0.1, 0.15) is 21.5 Å². The SMILES string of the molecule is Cc1ccc(-c2nn(-c3ccccc3)c(-c3ccc(C)cc3)c2C(=O)Nc2nc3ccccc3o2)cc1. The second-order valence-corrected chi connectivity index (χ2v) is 8.99. The van der Waals surface area contributed by atoms with E-state index in [0.29, 0.717) is 28.1 Å². The van der Waals surface area contributed by atoms with Crippen molar-refractivity contribution in [3.05, 3.63) is 120 Å². The molecular formula is C31H24N4O2. The van der Waals surface area contributed by atoms with Crippen LogP contribution in [0.15, 0.2) is 108 Å². The number of para-hydroxylation sites is 3. The summed E-state index contributed by atoms with van der Waals surface area (Å²) in [6, 6.07) is 33.5. The molecule has 0 fully saturated rings. The molecule has 37 heavy (non-hydrogen) atoms. The molecule has 0 aliphatic rings. The Morgan fingerprint density at radius 2 is 1.38 bits per heavy atom. The first kappa shape index (κ1) is 22.5. The fraction of sp³-hybridized carbons (Fsp3) is 0.0645. The number of aromatic nitrogens is 3. The van der Waals surface area contributed by atoms with E-state index in [1.54, 1.807) is 0 Å². The third-order valence-corrected chi connectivity index (χ3v) is 6.28. The normalized spacial score (nSPS) is 11.1. The van der Waals surface area contributed by atoms with Crippen molar-refractivity contribution in [2.75, 3.05) is 5.32 Å². The van der Waals surface area contributed by atoms with E-state index in [9.17, 15) is 4.79 Å². The van der Waals surface area contributed by atoms with Crippen molar-refractivity contribution in [1.29, 1.82) is 0 Å². The number of hydrogen-bond acceptors (Lipinski definition) is 4. The van der Waals surface area contributed by atoms with Crippen LogP contribution in [-0.4, -0.2) is 20.7 Å². The average molecular weight is 485 g/mol. The summed E-state index contributed by atoms with van der Waals surface area (Å²) in [5.41, 5.74) is 7.83. The first-order valence-corrected chi connectivity index (χ1v) is 12.1. The van der Waals surface area contributed by atoms with Gasteiger partial charge in [-0.1, -0.05) is 90.0 Å². The molecule has 0 bridgehead atoms. The van der Waals surface area contributed by atoms with Crippen molar-refractivity contribution in [3.8, 4) is 28.2 Å². The summed E-state index contributed by atoms with van der Waals surface area (Å²) >= 11 is 0. The predicted molar refractivity (Wildman–Crippen MR) is 146 cm³/mol. The van der Waals surface area contributed by atoms with Crippen molar-refractivity contribution in [2.45, 2.75) is 13.8 Å². The highest BCUT2D eigenvalue weighted by atomic mass is 16.4. The minimum absolute atomic E-state index is 0.142. The molecule has 1 N–H and O–H groups in total. The standard InChI is InChI=1S/C31H24N4O2/c1-20-12-16-22(17-13-20)28-27(30(36)33-31-32-25-10-6-7-11-26(25)37-31)29(23-18-14-21(2)15-19-23)35(34-28)24-8-4-3-5-9-24/h3-19H,1-2H3,(H,32,33,36). The van der Waals surface area contributed by atoms with Crippen molar-refractivity contribution in [2.24, 2.45) is 0 Å². The number of hydrogen-bond donors (Lipinski definition) is 1. The summed E-state index contributed by atoms with van der Waals surface area (Å²) in [4.78, 5) is 18.4. The molecule has 0 aliphatic carbocycles. The second-order valence-electron chi connectivity index (χ2n) is 8.99. The Hall–Kier alpha value is -4.97. The maximum atomic E-state index is 14.0. The Labute approximate surface area is 214 Å². The Kier molecular flexibility index (Phi) is 5.62. The molecule has 2 heterocycles. The predicted octanol–water partition coefficient (Wildman–Crippen LogP) is 7.22. The van der Waals surface area contributed by atoms with E-state index in [2.05, 4.69) is 10.3 Å². The average Bonchev–Trinajstić information content (AvgIpc) is 3.52. The minimum Gasteiger partial charge on any atom is -0.423 e. The van der Waals surface area contributed by atoms with Crippen LogP contribution in [0.3, 0.4) is 0 Å². The molecule has 0 saturated carbocycles. The van der Waals surface area contributed by atoms with Crippen LogP contribution in [0.5, 0.6) is 0 Å². The van der Waals surface area contributed by atoms with Crippen LogP contribution in [0.2, 0.25) is 0 Å². The third-order valence-electron chi connectivity index (χ3n) is 6.28. The Bertz CT molecular complexity index is 1680. The summed E-state index contributed by atoms with van der Waals surface area (Å²) in [6.45, 7) is 4.07. The molecule has 0 unspecified atom stereocenters. The Balaban J connectivity index is 1.57. The number of nitrogens with zero attached hydrogens (tertiary/aromatic N) is 3. The molecule has 6 nitrogen and oxygen atoms in total. The van der Waals surface area contributed by atoms with Crippen molar-refractivity contribution >= 4 is 23.0 Å². The molecule has 2 aromatic heterocycles. The largest absolute Gasteiger partial charge is 0.423 e. The van der Waals surface area contributed by atoms with Gasteiger partial charge in [-0.2, -0.15) is 10.1 Å². The number of aryl methyl sites for hydroxylation is 2. The van der Waals surface area contributed by atoms with Gasteiger partial charge in [0.15, 0.2) is 5.58 Å². The molecule has 6 rings (SSSR count). The molecule has 1 amide bonds. The number of oxazole rings is 1. The molecule has 4 aromatic carbocycles. The molecule has 0 spiro atoms. The lowest BCUT2D eigenvalue weighted by Crippen LogP contribution is -2.14. The second kappa shape index (κ2) is 9.24. The van der Waals surface area contributed by atoms with E-state index in [1.165, 1.54) is 0 Å². The van der Waals surface area contributed by atoms with Gasteiger partial charge in [0.2, 0.25) is 0 Å². The fourth-order valence-corrected chi connectivity index (χ4v) is 4.37. The lowest BCUT2D eigenvalue weighted by molar-refractivity contribution is 0.102. The molecule has 0 aliphatic heterocycles. The number of carbonyl (C=O) groups excluding carboxylic acids is 1. The zero-order valence-corrected chi connectivity index (χ0v) is 20.5. The quantitative estimate of drug-likeness (QED) is 0.280. The van der Waals surface area contributed by atoms with Gasteiger partial charge in [-0.25, -0.2) is 4.68 Å². The number of amides is 1. The van der Waals surface area contributed by atoms with E-state index in [-0.39, 0.29) is 11.9 Å². The van der Waals surface area contributed by atoms with Gasteiger partial charge in [0, 0.05) is 11.1 Å². The topological polar surface area (TPSA) is 73.0 Å². The lowest BCUT2D eigenvalue weighted by atomic mass is 9.99. The number of anilines is 1. The summed E-state index contributed by atoms with van der Waals surface area (Å²) in [5, 5.41) is 7.87. The smallest absolute Gasteiger partial charge is 0.302 e. The highest BCUT2D eigenvalue weighted by Gasteiger charge is 2.27. The van der Waals surface area contributed by atoms with Crippen LogP contribution in [0, 0.1) is 13.8 Å². The van der Waals surface area contributed by atoms with E-state index < -0.39 is 0 Å². The van der Waals surface area contributed by atoms with Gasteiger partial charge in [-0.05, 0) is 38.1 Å². The van der Waals surface area contributed by atoms with E-state index in [4.69, 9.17) is 9.52 Å². The van der Waals surface area contributed by atoms with Crippen LogP contribution in [0.25, 0.3) is 39.3 Å². The van der Waals surface area contributed by atoms with Gasteiger partial charge in [0.1, 0.15) is 11.2 Å². The number of benzene rings is 4. The molecule has 0 radical (unpaired) electrons. The van der Waals surface area contributed by atoms with Crippen LogP contribution < -0.4 is 5.32 Å². The summed E-state index contributed by atoms with van der Waals surface area (Å²) < 4.78 is 7.64. The highest BCUT2D eigenvalue weighted by molar-refractivity contribution is 6.12. The van der Waals surface area contributed by atoms with Crippen molar-refractivity contribution < 1.29 is 9.21 Å². The van der Waals surface area contributed by atoms with E-state index >= 15 is 0 Å². The minimum atomic E-state index is -0.347. The molecule has 0 atom stereocenters. The van der Waals surface area contributed by atoms with Crippen LogP contribution >= 0.6 is 0 Å². The number of nitrogens with one attached hydrogen (secondary N) is 1. The summed E-state index contributed by atoms with van der Waals surface area (Å²) in [5.74, 6) is -0.347. The van der Waals surface area contributed by atoms with E-state index in [1.807, 2.05) is 122 Å². The van der Waals surface area contributed by atoms with Crippen LogP contribution in [-0.2, 0) is 0 Å². The van der Waals surface area contributed by atoms with Crippen LogP contribution in [0.4, 0.5) is 6.01 Å². The van der Waals surface area contributed by atoms with Crippen molar-refractivity contribution in [3.63, 3.8) is 0 Å². The number of fused-ring (bicyclic) bond motifs is 1. The summed E-state index contributed by atoms with van der Waals surface area (Å²) in [7, 11) is 0. The third kappa shape index (κ3) is 4.29. The number of carbonyl (C=O) groups is 1. The van der Waals surface area contributed by atoms with E-state index in [0.717, 1.165) is 27.9 Å². The van der Waals surface area contributed by atoms with Crippen molar-refractivity contribution in [1.82, 2.24) is 14.8 Å². The van der Waals surface area contributed by atoms with Gasteiger partial charge in [-0.15, -0.1) is 0 Å². The zero-order chi connectivity index (χ0) is 25.4. The molecular weight excluding hydrogens is 460 g/mol. The van der Waals surface area contributed by atoms with Gasteiger partial charge in [-0.3, -0.25) is 10.1 Å². The van der Waals surface area contributed by atoms with Gasteiger partial charge >= 0.3 is 6.01 Å². The first-order valence-electron chi connectivity index (χ1n) is 12.1. The molecule has 0 saturated heterocycles.